The first-order valence-electron chi connectivity index (χ1n) is 7.74. The topological polar surface area (TPSA) is 84.5 Å². The van der Waals surface area contributed by atoms with Gasteiger partial charge in [0, 0.05) is 5.69 Å². The average Bonchev–Trinajstić information content (AvgIpc) is 2.57. The van der Waals surface area contributed by atoms with Crippen LogP contribution in [0.15, 0.2) is 41.3 Å². The molecule has 0 atom stereocenters. The van der Waals surface area contributed by atoms with Crippen molar-refractivity contribution in [2.45, 2.75) is 25.7 Å². The molecular formula is C18H22N2O4S. The lowest BCUT2D eigenvalue weighted by Gasteiger charge is -2.13. The highest BCUT2D eigenvalue weighted by Gasteiger charge is 2.19. The zero-order valence-corrected chi connectivity index (χ0v) is 15.5. The van der Waals surface area contributed by atoms with E-state index in [1.165, 1.54) is 13.2 Å². The van der Waals surface area contributed by atoms with Crippen LogP contribution in [0, 0.1) is 20.8 Å². The number of carbonyl (C=O) groups is 1. The van der Waals surface area contributed by atoms with E-state index in [1.807, 2.05) is 19.1 Å². The summed E-state index contributed by atoms with van der Waals surface area (Å²) in [7, 11) is -2.27. The van der Waals surface area contributed by atoms with Crippen molar-refractivity contribution in [2.75, 3.05) is 19.0 Å². The number of sulfonamides is 1. The average molecular weight is 362 g/mol. The predicted molar refractivity (Wildman–Crippen MR) is 97.5 cm³/mol. The Morgan fingerprint density at radius 3 is 2.28 bits per heavy atom. The fourth-order valence-corrected chi connectivity index (χ4v) is 3.64. The maximum absolute atomic E-state index is 12.5. The Bertz CT molecular complexity index is 875. The van der Waals surface area contributed by atoms with Gasteiger partial charge in [-0.1, -0.05) is 17.7 Å². The number of carbonyl (C=O) groups excluding carboxylic acids is 1. The molecule has 25 heavy (non-hydrogen) atoms. The second-order valence-electron chi connectivity index (χ2n) is 5.83. The van der Waals surface area contributed by atoms with Crippen LogP contribution in [0.1, 0.15) is 16.7 Å². The van der Waals surface area contributed by atoms with E-state index in [2.05, 4.69) is 10.0 Å². The molecule has 0 bridgehead atoms. The summed E-state index contributed by atoms with van der Waals surface area (Å²) < 4.78 is 32.5. The summed E-state index contributed by atoms with van der Waals surface area (Å²) in [4.78, 5) is 12.1. The summed E-state index contributed by atoms with van der Waals surface area (Å²) in [6, 6.07) is 10.5. The molecule has 0 unspecified atom stereocenters. The first-order valence-corrected chi connectivity index (χ1v) is 9.22. The minimum absolute atomic E-state index is 0.133. The SMILES string of the molecule is COc1cc(C)c(S(=O)(=O)NCC(=O)Nc2ccc(C)cc2)cc1C. The lowest BCUT2D eigenvalue weighted by atomic mass is 10.1. The molecule has 2 rings (SSSR count). The van der Waals surface area contributed by atoms with E-state index in [9.17, 15) is 13.2 Å². The van der Waals surface area contributed by atoms with Crippen molar-refractivity contribution in [2.24, 2.45) is 0 Å². The predicted octanol–water partition coefficient (Wildman–Crippen LogP) is 2.54. The molecule has 7 heteroatoms. The highest BCUT2D eigenvalue weighted by atomic mass is 32.2. The van der Waals surface area contributed by atoms with Gasteiger partial charge in [0.05, 0.1) is 18.6 Å². The molecule has 0 aromatic heterocycles. The van der Waals surface area contributed by atoms with Gasteiger partial charge in [-0.3, -0.25) is 4.79 Å². The second-order valence-corrected chi connectivity index (χ2v) is 7.56. The standard InChI is InChI=1S/C18H22N2O4S/c1-12-5-7-15(8-6-12)20-18(21)11-19-25(22,23)17-10-13(2)16(24-4)9-14(17)3/h5-10,19H,11H2,1-4H3,(H,20,21). The Morgan fingerprint density at radius 2 is 1.68 bits per heavy atom. The lowest BCUT2D eigenvalue weighted by Crippen LogP contribution is -2.33. The molecule has 0 fully saturated rings. The lowest BCUT2D eigenvalue weighted by molar-refractivity contribution is -0.115. The van der Waals surface area contributed by atoms with Gasteiger partial charge < -0.3 is 10.1 Å². The van der Waals surface area contributed by atoms with E-state index < -0.39 is 15.9 Å². The van der Waals surface area contributed by atoms with Crippen molar-refractivity contribution in [3.8, 4) is 5.75 Å². The Hall–Kier alpha value is -2.38. The van der Waals surface area contributed by atoms with Crippen molar-refractivity contribution < 1.29 is 17.9 Å². The van der Waals surface area contributed by atoms with Crippen LogP contribution < -0.4 is 14.8 Å². The number of nitrogens with one attached hydrogen (secondary N) is 2. The smallest absolute Gasteiger partial charge is 0.241 e. The molecule has 0 radical (unpaired) electrons. The third-order valence-electron chi connectivity index (χ3n) is 3.74. The maximum atomic E-state index is 12.5. The molecule has 1 amide bonds. The van der Waals surface area contributed by atoms with Crippen LogP contribution >= 0.6 is 0 Å². The Kier molecular flexibility index (Phi) is 5.81. The number of ether oxygens (including phenoxy) is 1. The van der Waals surface area contributed by atoms with Gasteiger partial charge >= 0.3 is 0 Å². The van der Waals surface area contributed by atoms with Gasteiger partial charge in [0.2, 0.25) is 15.9 Å². The third-order valence-corrected chi connectivity index (χ3v) is 5.28. The van der Waals surface area contributed by atoms with E-state index in [0.29, 0.717) is 22.6 Å². The van der Waals surface area contributed by atoms with Crippen LogP contribution in [0.2, 0.25) is 0 Å². The van der Waals surface area contributed by atoms with Gasteiger partial charge in [-0.25, -0.2) is 13.1 Å². The quantitative estimate of drug-likeness (QED) is 0.827. The van der Waals surface area contributed by atoms with Gasteiger partial charge in [-0.2, -0.15) is 0 Å². The molecule has 2 N–H and O–H groups in total. The zero-order chi connectivity index (χ0) is 18.6. The van der Waals surface area contributed by atoms with Crippen molar-refractivity contribution in [1.82, 2.24) is 4.72 Å². The largest absolute Gasteiger partial charge is 0.496 e. The normalized spacial score (nSPS) is 11.2. The van der Waals surface area contributed by atoms with Gasteiger partial charge in [0.15, 0.2) is 0 Å². The summed E-state index contributed by atoms with van der Waals surface area (Å²) in [6.45, 7) is 5.05. The third kappa shape index (κ3) is 4.80. The summed E-state index contributed by atoms with van der Waals surface area (Å²) >= 11 is 0. The molecule has 6 nitrogen and oxygen atoms in total. The van der Waals surface area contributed by atoms with Crippen LogP contribution in [-0.2, 0) is 14.8 Å². The molecule has 2 aromatic rings. The molecule has 134 valence electrons. The fraction of sp³-hybridized carbons (Fsp3) is 0.278. The van der Waals surface area contributed by atoms with Crippen LogP contribution in [0.3, 0.4) is 0 Å². The number of anilines is 1. The monoisotopic (exact) mass is 362 g/mol. The van der Waals surface area contributed by atoms with Crippen molar-refractivity contribution in [3.63, 3.8) is 0 Å². The van der Waals surface area contributed by atoms with Crippen LogP contribution in [0.5, 0.6) is 5.75 Å². The fourth-order valence-electron chi connectivity index (χ4n) is 2.35. The number of hydrogen-bond donors (Lipinski definition) is 2. The molecular weight excluding hydrogens is 340 g/mol. The highest BCUT2D eigenvalue weighted by molar-refractivity contribution is 7.89. The Balaban J connectivity index is 2.07. The number of aryl methyl sites for hydroxylation is 3. The summed E-state index contributed by atoms with van der Waals surface area (Å²) in [5, 5.41) is 2.65. The van der Waals surface area contributed by atoms with E-state index in [1.54, 1.807) is 32.0 Å². The van der Waals surface area contributed by atoms with Crippen molar-refractivity contribution in [1.29, 1.82) is 0 Å². The minimum Gasteiger partial charge on any atom is -0.496 e. The molecule has 0 aliphatic heterocycles. The molecule has 0 aliphatic carbocycles. The number of hydrogen-bond acceptors (Lipinski definition) is 4. The molecule has 0 saturated carbocycles. The van der Waals surface area contributed by atoms with Gasteiger partial charge in [-0.05, 0) is 56.2 Å². The molecule has 0 spiro atoms. The van der Waals surface area contributed by atoms with Gasteiger partial charge in [0.25, 0.3) is 0 Å². The van der Waals surface area contributed by atoms with E-state index in [4.69, 9.17) is 4.74 Å². The number of benzene rings is 2. The molecule has 0 aliphatic rings. The van der Waals surface area contributed by atoms with Crippen LogP contribution in [0.4, 0.5) is 5.69 Å². The van der Waals surface area contributed by atoms with E-state index >= 15 is 0 Å². The molecule has 0 heterocycles. The Labute approximate surface area is 148 Å². The van der Waals surface area contributed by atoms with E-state index in [-0.39, 0.29) is 11.4 Å². The maximum Gasteiger partial charge on any atom is 0.241 e. The van der Waals surface area contributed by atoms with Crippen LogP contribution in [0.25, 0.3) is 0 Å². The van der Waals surface area contributed by atoms with Crippen LogP contribution in [-0.4, -0.2) is 28.0 Å². The summed E-state index contributed by atoms with van der Waals surface area (Å²) in [5.41, 5.74) is 2.95. The van der Waals surface area contributed by atoms with Gasteiger partial charge in [0.1, 0.15) is 5.75 Å². The van der Waals surface area contributed by atoms with Crippen molar-refractivity contribution in [3.05, 3.63) is 53.1 Å². The number of methoxy groups -OCH3 is 1. The first-order chi connectivity index (χ1) is 11.7. The number of amides is 1. The van der Waals surface area contributed by atoms with E-state index in [0.717, 1.165) is 5.56 Å². The summed E-state index contributed by atoms with van der Waals surface area (Å²) in [5.74, 6) is 0.184. The summed E-state index contributed by atoms with van der Waals surface area (Å²) in [6.07, 6.45) is 0. The van der Waals surface area contributed by atoms with Gasteiger partial charge in [-0.15, -0.1) is 0 Å². The Morgan fingerprint density at radius 1 is 1.04 bits per heavy atom. The molecule has 2 aromatic carbocycles. The minimum atomic E-state index is -3.80. The highest BCUT2D eigenvalue weighted by Crippen LogP contribution is 2.25. The number of rotatable bonds is 6. The second kappa shape index (κ2) is 7.67. The van der Waals surface area contributed by atoms with Crippen molar-refractivity contribution >= 4 is 21.6 Å². The zero-order valence-electron chi connectivity index (χ0n) is 14.7. The first kappa shape index (κ1) is 19.0. The molecule has 0 saturated heterocycles.